The molecule has 0 aromatic heterocycles. The maximum Gasteiger partial charge on any atom is 0.264 e. The van der Waals surface area contributed by atoms with Crippen molar-refractivity contribution in [3.63, 3.8) is 0 Å². The maximum atomic E-state index is 14.2. The first-order chi connectivity index (χ1) is 20.0. The molecule has 0 fully saturated rings. The van der Waals surface area contributed by atoms with E-state index in [-0.39, 0.29) is 23.0 Å². The fourth-order valence-electron chi connectivity index (χ4n) is 4.60. The second-order valence-corrected chi connectivity index (χ2v) is 12.0. The molecule has 0 saturated carbocycles. The highest BCUT2D eigenvalue weighted by Crippen LogP contribution is 2.34. The van der Waals surface area contributed by atoms with Crippen LogP contribution in [0.3, 0.4) is 0 Å². The molecule has 0 spiro atoms. The molecule has 0 heterocycles. The number of sulfonamides is 1. The monoisotopic (exact) mass is 595 g/mol. The van der Waals surface area contributed by atoms with Gasteiger partial charge >= 0.3 is 0 Å². The van der Waals surface area contributed by atoms with Gasteiger partial charge in [0.2, 0.25) is 11.8 Å². The van der Waals surface area contributed by atoms with E-state index in [4.69, 9.17) is 9.47 Å². The summed E-state index contributed by atoms with van der Waals surface area (Å²) in [6.07, 6.45) is 1.07. The SMILES string of the molecule is CCCNC(=O)[C@@H](CC)N(Cc1cccc(OC)c1)C(=O)CN(c1cc(C)ccc1OC)S(=O)(=O)c1ccc(C)cc1. The van der Waals surface area contributed by atoms with Crippen molar-refractivity contribution in [1.29, 1.82) is 0 Å². The summed E-state index contributed by atoms with van der Waals surface area (Å²) in [5.74, 6) is 0.0832. The van der Waals surface area contributed by atoms with Crippen molar-refractivity contribution < 1.29 is 27.5 Å². The molecule has 0 radical (unpaired) electrons. The van der Waals surface area contributed by atoms with Crippen molar-refractivity contribution >= 4 is 27.5 Å². The van der Waals surface area contributed by atoms with E-state index < -0.39 is 28.5 Å². The van der Waals surface area contributed by atoms with Crippen LogP contribution in [0.25, 0.3) is 0 Å². The van der Waals surface area contributed by atoms with Gasteiger partial charge in [-0.05, 0) is 74.2 Å². The van der Waals surface area contributed by atoms with Crippen LogP contribution in [0.1, 0.15) is 43.4 Å². The highest BCUT2D eigenvalue weighted by Gasteiger charge is 2.34. The Balaban J connectivity index is 2.13. The van der Waals surface area contributed by atoms with E-state index in [1.807, 2.05) is 33.8 Å². The van der Waals surface area contributed by atoms with Gasteiger partial charge < -0.3 is 19.7 Å². The van der Waals surface area contributed by atoms with Crippen LogP contribution in [0.4, 0.5) is 5.69 Å². The molecular formula is C32H41N3O6S. The van der Waals surface area contributed by atoms with Gasteiger partial charge in [0.1, 0.15) is 24.1 Å². The van der Waals surface area contributed by atoms with Gasteiger partial charge in [0.05, 0.1) is 24.8 Å². The van der Waals surface area contributed by atoms with Crippen LogP contribution in [-0.2, 0) is 26.2 Å². The number of nitrogens with one attached hydrogen (secondary N) is 1. The Bertz CT molecular complexity index is 1470. The van der Waals surface area contributed by atoms with Crippen molar-refractivity contribution in [2.75, 3.05) is 31.6 Å². The summed E-state index contributed by atoms with van der Waals surface area (Å²) >= 11 is 0. The Morgan fingerprint density at radius 3 is 2.21 bits per heavy atom. The van der Waals surface area contributed by atoms with Gasteiger partial charge in [-0.3, -0.25) is 13.9 Å². The fraction of sp³-hybridized carbons (Fsp3) is 0.375. The van der Waals surface area contributed by atoms with Crippen molar-refractivity contribution in [2.45, 2.75) is 58.0 Å². The summed E-state index contributed by atoms with van der Waals surface area (Å²) in [5, 5.41) is 2.89. The molecule has 3 aromatic carbocycles. The Labute approximate surface area is 249 Å². The highest BCUT2D eigenvalue weighted by molar-refractivity contribution is 7.92. The lowest BCUT2D eigenvalue weighted by molar-refractivity contribution is -0.140. The molecule has 0 unspecified atom stereocenters. The second-order valence-electron chi connectivity index (χ2n) is 10.1. The number of carbonyl (C=O) groups excluding carboxylic acids is 2. The normalized spacial score (nSPS) is 11.9. The fourth-order valence-corrected chi connectivity index (χ4v) is 6.02. The molecule has 2 amide bonds. The average molecular weight is 596 g/mol. The molecule has 3 aromatic rings. The van der Waals surface area contributed by atoms with E-state index in [0.717, 1.165) is 27.4 Å². The number of anilines is 1. The summed E-state index contributed by atoms with van der Waals surface area (Å²) in [4.78, 5) is 29.0. The number of hydrogen-bond donors (Lipinski definition) is 1. The molecule has 226 valence electrons. The van der Waals surface area contributed by atoms with Crippen LogP contribution in [0.15, 0.2) is 71.6 Å². The third-order valence-electron chi connectivity index (χ3n) is 6.91. The Morgan fingerprint density at radius 2 is 1.60 bits per heavy atom. The quantitative estimate of drug-likeness (QED) is 0.286. The largest absolute Gasteiger partial charge is 0.497 e. The average Bonchev–Trinajstić information content (AvgIpc) is 2.98. The van der Waals surface area contributed by atoms with Crippen LogP contribution in [-0.4, -0.2) is 58.5 Å². The van der Waals surface area contributed by atoms with E-state index in [1.54, 1.807) is 55.6 Å². The van der Waals surface area contributed by atoms with E-state index in [1.165, 1.54) is 24.1 Å². The first-order valence-corrected chi connectivity index (χ1v) is 15.4. The van der Waals surface area contributed by atoms with Crippen LogP contribution in [0, 0.1) is 13.8 Å². The summed E-state index contributed by atoms with van der Waals surface area (Å²) in [6.45, 7) is 7.48. The number of methoxy groups -OCH3 is 2. The molecule has 0 aliphatic heterocycles. The lowest BCUT2D eigenvalue weighted by Crippen LogP contribution is -2.52. The lowest BCUT2D eigenvalue weighted by Gasteiger charge is -2.33. The number of amides is 2. The smallest absolute Gasteiger partial charge is 0.264 e. The van der Waals surface area contributed by atoms with E-state index in [9.17, 15) is 18.0 Å². The highest BCUT2D eigenvalue weighted by atomic mass is 32.2. The number of hydrogen-bond acceptors (Lipinski definition) is 6. The molecule has 0 bridgehead atoms. The van der Waals surface area contributed by atoms with Gasteiger partial charge in [0.25, 0.3) is 10.0 Å². The van der Waals surface area contributed by atoms with Crippen LogP contribution >= 0.6 is 0 Å². The van der Waals surface area contributed by atoms with E-state index in [2.05, 4.69) is 5.32 Å². The number of benzene rings is 3. The van der Waals surface area contributed by atoms with Gasteiger partial charge in [-0.15, -0.1) is 0 Å². The first kappa shape index (κ1) is 32.5. The third-order valence-corrected chi connectivity index (χ3v) is 8.69. The second kappa shape index (κ2) is 14.7. The zero-order valence-corrected chi connectivity index (χ0v) is 26.0. The molecule has 0 aliphatic rings. The number of aryl methyl sites for hydroxylation is 2. The number of rotatable bonds is 14. The van der Waals surface area contributed by atoms with Crippen molar-refractivity contribution in [3.8, 4) is 11.5 Å². The Morgan fingerprint density at radius 1 is 0.905 bits per heavy atom. The van der Waals surface area contributed by atoms with Crippen LogP contribution < -0.4 is 19.1 Å². The zero-order valence-electron chi connectivity index (χ0n) is 25.2. The van der Waals surface area contributed by atoms with Crippen LogP contribution in [0.2, 0.25) is 0 Å². The van der Waals surface area contributed by atoms with Crippen molar-refractivity contribution in [3.05, 3.63) is 83.4 Å². The van der Waals surface area contributed by atoms with Crippen molar-refractivity contribution in [2.24, 2.45) is 0 Å². The summed E-state index contributed by atoms with van der Waals surface area (Å²) < 4.78 is 40.3. The molecule has 42 heavy (non-hydrogen) atoms. The summed E-state index contributed by atoms with van der Waals surface area (Å²) in [7, 11) is -1.21. The minimum Gasteiger partial charge on any atom is -0.497 e. The molecule has 0 saturated heterocycles. The van der Waals surface area contributed by atoms with Gasteiger partial charge in [-0.2, -0.15) is 0 Å². The molecule has 9 nitrogen and oxygen atoms in total. The number of ether oxygens (including phenoxy) is 2. The van der Waals surface area contributed by atoms with E-state index >= 15 is 0 Å². The minimum atomic E-state index is -4.21. The molecule has 0 aliphatic carbocycles. The summed E-state index contributed by atoms with van der Waals surface area (Å²) in [6, 6.07) is 18.0. The number of nitrogens with zero attached hydrogens (tertiary/aromatic N) is 2. The Hall–Kier alpha value is -4.05. The van der Waals surface area contributed by atoms with Gasteiger partial charge in [0.15, 0.2) is 0 Å². The molecular weight excluding hydrogens is 554 g/mol. The standard InChI is InChI=1S/C32H41N3O6S/c1-7-18-33-32(37)28(8-2)34(21-25-10-9-11-26(20-25)40-5)31(36)22-35(29-19-24(4)14-17-30(29)41-6)42(38,39)27-15-12-23(3)13-16-27/h9-17,19-20,28H,7-8,18,21-22H2,1-6H3,(H,33,37)/t28-/m1/s1. The van der Waals surface area contributed by atoms with Gasteiger partial charge in [-0.25, -0.2) is 8.42 Å². The zero-order chi connectivity index (χ0) is 30.9. The molecule has 1 N–H and O–H groups in total. The first-order valence-electron chi connectivity index (χ1n) is 14.0. The van der Waals surface area contributed by atoms with E-state index in [0.29, 0.717) is 24.5 Å². The number of carbonyl (C=O) groups is 2. The third kappa shape index (κ3) is 7.82. The summed E-state index contributed by atoms with van der Waals surface area (Å²) in [5.41, 5.74) is 2.67. The maximum absolute atomic E-state index is 14.2. The molecule has 10 heteroatoms. The minimum absolute atomic E-state index is 0.0385. The van der Waals surface area contributed by atoms with Gasteiger partial charge in [0, 0.05) is 13.1 Å². The van der Waals surface area contributed by atoms with Gasteiger partial charge in [-0.1, -0.05) is 49.7 Å². The molecule has 3 rings (SSSR count). The predicted molar refractivity (Wildman–Crippen MR) is 164 cm³/mol. The predicted octanol–water partition coefficient (Wildman–Crippen LogP) is 4.85. The Kier molecular flexibility index (Phi) is 11.4. The molecule has 1 atom stereocenters. The van der Waals surface area contributed by atoms with Crippen LogP contribution in [0.5, 0.6) is 11.5 Å². The topological polar surface area (TPSA) is 105 Å². The van der Waals surface area contributed by atoms with Crippen molar-refractivity contribution in [1.82, 2.24) is 10.2 Å². The lowest BCUT2D eigenvalue weighted by atomic mass is 10.1.